The summed E-state index contributed by atoms with van der Waals surface area (Å²) in [6, 6.07) is 0. The molecular formula is C10H13ClF3N3. The zero-order chi connectivity index (χ0) is 12.8. The quantitative estimate of drug-likeness (QED) is 0.914. The third-order valence-electron chi connectivity index (χ3n) is 3.10. The molecule has 0 bridgehead atoms. The van der Waals surface area contributed by atoms with Gasteiger partial charge in [-0.1, -0.05) is 11.6 Å². The molecule has 1 saturated carbocycles. The molecule has 1 aliphatic rings. The van der Waals surface area contributed by atoms with Gasteiger partial charge in [-0.15, -0.1) is 0 Å². The van der Waals surface area contributed by atoms with E-state index in [4.69, 9.17) is 17.3 Å². The van der Waals surface area contributed by atoms with Crippen molar-refractivity contribution in [1.29, 1.82) is 0 Å². The van der Waals surface area contributed by atoms with Gasteiger partial charge in [0, 0.05) is 18.2 Å². The molecule has 2 rings (SSSR count). The second-order valence-corrected chi connectivity index (χ2v) is 4.96. The standard InChI is InChI=1S/C10H13ClF3N3/c1-17-8(11)6(2-3-9(15)4-5-9)7(16-17)10(12,13)14/h2-5,15H2,1H3. The molecule has 2 N–H and O–H groups in total. The average Bonchev–Trinajstić information content (AvgIpc) is 2.85. The molecule has 0 atom stereocenters. The molecule has 0 unspecified atom stereocenters. The van der Waals surface area contributed by atoms with Crippen molar-refractivity contribution in [1.82, 2.24) is 9.78 Å². The molecule has 7 heteroatoms. The van der Waals surface area contributed by atoms with Crippen LogP contribution >= 0.6 is 11.6 Å². The van der Waals surface area contributed by atoms with Crippen LogP contribution in [-0.2, 0) is 19.6 Å². The van der Waals surface area contributed by atoms with Crippen LogP contribution in [0.15, 0.2) is 0 Å². The van der Waals surface area contributed by atoms with Crippen molar-refractivity contribution in [3.05, 3.63) is 16.4 Å². The maximum Gasteiger partial charge on any atom is 0.435 e. The molecule has 1 heterocycles. The highest BCUT2D eigenvalue weighted by Gasteiger charge is 2.41. The van der Waals surface area contributed by atoms with Gasteiger partial charge in [0.2, 0.25) is 0 Å². The highest BCUT2D eigenvalue weighted by Crippen LogP contribution is 2.40. The van der Waals surface area contributed by atoms with E-state index >= 15 is 0 Å². The van der Waals surface area contributed by atoms with Crippen LogP contribution in [0.4, 0.5) is 13.2 Å². The molecule has 0 amide bonds. The minimum absolute atomic E-state index is 0.0431. The second kappa shape index (κ2) is 3.88. The van der Waals surface area contributed by atoms with Crippen molar-refractivity contribution in [2.24, 2.45) is 12.8 Å². The predicted molar refractivity (Wildman–Crippen MR) is 57.7 cm³/mol. The lowest BCUT2D eigenvalue weighted by Crippen LogP contribution is -2.22. The van der Waals surface area contributed by atoms with Crippen LogP contribution in [0.5, 0.6) is 0 Å². The van der Waals surface area contributed by atoms with Crippen molar-refractivity contribution in [3.63, 3.8) is 0 Å². The Kier molecular flexibility index (Phi) is 2.90. The minimum atomic E-state index is -4.47. The summed E-state index contributed by atoms with van der Waals surface area (Å²) in [6.45, 7) is 0. The summed E-state index contributed by atoms with van der Waals surface area (Å²) in [5.74, 6) is 0. The first kappa shape index (κ1) is 12.7. The van der Waals surface area contributed by atoms with Crippen LogP contribution in [0.1, 0.15) is 30.5 Å². The molecule has 1 aromatic rings. The molecule has 96 valence electrons. The van der Waals surface area contributed by atoms with Crippen molar-refractivity contribution >= 4 is 11.6 Å². The fourth-order valence-corrected chi connectivity index (χ4v) is 2.00. The molecule has 1 aromatic heterocycles. The molecule has 1 fully saturated rings. The number of nitrogens with zero attached hydrogens (tertiary/aromatic N) is 2. The Morgan fingerprint density at radius 1 is 1.47 bits per heavy atom. The van der Waals surface area contributed by atoms with Crippen molar-refractivity contribution < 1.29 is 13.2 Å². The van der Waals surface area contributed by atoms with Crippen LogP contribution in [0.3, 0.4) is 0 Å². The first-order valence-corrected chi connectivity index (χ1v) is 5.68. The largest absolute Gasteiger partial charge is 0.435 e. The lowest BCUT2D eigenvalue weighted by molar-refractivity contribution is -0.142. The van der Waals surface area contributed by atoms with Gasteiger partial charge >= 0.3 is 6.18 Å². The molecule has 0 saturated heterocycles. The summed E-state index contributed by atoms with van der Waals surface area (Å²) in [4.78, 5) is 0. The average molecular weight is 268 g/mol. The van der Waals surface area contributed by atoms with Gasteiger partial charge in [0.1, 0.15) is 5.15 Å². The van der Waals surface area contributed by atoms with Gasteiger partial charge in [0.05, 0.1) is 0 Å². The van der Waals surface area contributed by atoms with Crippen LogP contribution in [0.2, 0.25) is 5.15 Å². The monoisotopic (exact) mass is 267 g/mol. The van der Waals surface area contributed by atoms with Crippen LogP contribution in [0, 0.1) is 0 Å². The van der Waals surface area contributed by atoms with Gasteiger partial charge in [-0.3, -0.25) is 4.68 Å². The van der Waals surface area contributed by atoms with Crippen molar-refractivity contribution in [2.45, 2.75) is 37.4 Å². The van der Waals surface area contributed by atoms with Crippen LogP contribution in [0.25, 0.3) is 0 Å². The van der Waals surface area contributed by atoms with E-state index in [1.165, 1.54) is 7.05 Å². The normalized spacial score (nSPS) is 18.5. The number of nitrogens with two attached hydrogens (primary N) is 1. The van der Waals surface area contributed by atoms with Gasteiger partial charge in [-0.25, -0.2) is 0 Å². The maximum absolute atomic E-state index is 12.7. The second-order valence-electron chi connectivity index (χ2n) is 4.60. The van der Waals surface area contributed by atoms with E-state index in [9.17, 15) is 13.2 Å². The van der Waals surface area contributed by atoms with Gasteiger partial charge in [-0.2, -0.15) is 18.3 Å². The SMILES string of the molecule is Cn1nc(C(F)(F)F)c(CCC2(N)CC2)c1Cl. The number of hydrogen-bond donors (Lipinski definition) is 1. The maximum atomic E-state index is 12.7. The molecule has 3 nitrogen and oxygen atoms in total. The Bertz CT molecular complexity index is 435. The van der Waals surface area contributed by atoms with Crippen LogP contribution < -0.4 is 5.73 Å². The zero-order valence-electron chi connectivity index (χ0n) is 9.31. The van der Waals surface area contributed by atoms with Crippen molar-refractivity contribution in [2.75, 3.05) is 0 Å². The van der Waals surface area contributed by atoms with Gasteiger partial charge in [0.25, 0.3) is 0 Å². The third-order valence-corrected chi connectivity index (χ3v) is 3.58. The van der Waals surface area contributed by atoms with Crippen molar-refractivity contribution in [3.8, 4) is 0 Å². The summed E-state index contributed by atoms with van der Waals surface area (Å²) in [7, 11) is 1.40. The molecule has 17 heavy (non-hydrogen) atoms. The van der Waals surface area contributed by atoms with Gasteiger partial charge in [-0.05, 0) is 25.7 Å². The Morgan fingerprint density at radius 2 is 2.06 bits per heavy atom. The number of rotatable bonds is 3. The summed E-state index contributed by atoms with van der Waals surface area (Å²) in [5.41, 5.74) is 4.73. The summed E-state index contributed by atoms with van der Waals surface area (Å²) >= 11 is 5.83. The smallest absolute Gasteiger partial charge is 0.325 e. The predicted octanol–water partition coefficient (Wildman–Crippen LogP) is 2.52. The number of aromatic nitrogens is 2. The highest BCUT2D eigenvalue weighted by atomic mass is 35.5. The number of hydrogen-bond acceptors (Lipinski definition) is 2. The lowest BCUT2D eigenvalue weighted by atomic mass is 10.0. The number of halogens is 4. The van der Waals surface area contributed by atoms with E-state index in [1.54, 1.807) is 0 Å². The molecule has 0 aromatic carbocycles. The fourth-order valence-electron chi connectivity index (χ4n) is 1.78. The lowest BCUT2D eigenvalue weighted by Gasteiger charge is -2.09. The number of aryl methyl sites for hydroxylation is 1. The Balaban J connectivity index is 2.24. The first-order valence-electron chi connectivity index (χ1n) is 5.30. The summed E-state index contributed by atoms with van der Waals surface area (Å²) < 4.78 is 39.2. The third kappa shape index (κ3) is 2.57. The first-order chi connectivity index (χ1) is 7.73. The molecule has 0 spiro atoms. The van der Waals surface area contributed by atoms with Crippen LogP contribution in [-0.4, -0.2) is 15.3 Å². The summed E-state index contributed by atoms with van der Waals surface area (Å²) in [5, 5.41) is 3.46. The number of alkyl halides is 3. The molecule has 0 radical (unpaired) electrons. The van der Waals surface area contributed by atoms with Gasteiger partial charge < -0.3 is 5.73 Å². The van der Waals surface area contributed by atoms with E-state index in [1.807, 2.05) is 0 Å². The van der Waals surface area contributed by atoms with E-state index in [0.29, 0.717) is 6.42 Å². The van der Waals surface area contributed by atoms with E-state index < -0.39 is 11.9 Å². The zero-order valence-corrected chi connectivity index (χ0v) is 10.1. The minimum Gasteiger partial charge on any atom is -0.325 e. The van der Waals surface area contributed by atoms with E-state index in [2.05, 4.69) is 5.10 Å². The Labute approximate surface area is 102 Å². The highest BCUT2D eigenvalue weighted by molar-refractivity contribution is 6.30. The summed E-state index contributed by atoms with van der Waals surface area (Å²) in [6.07, 6.45) is -2.00. The van der Waals surface area contributed by atoms with E-state index in [0.717, 1.165) is 17.5 Å². The molecule has 0 aliphatic heterocycles. The molecular weight excluding hydrogens is 255 g/mol. The Morgan fingerprint density at radius 3 is 2.53 bits per heavy atom. The van der Waals surface area contributed by atoms with E-state index in [-0.39, 0.29) is 22.7 Å². The fraction of sp³-hybridized carbons (Fsp3) is 0.700. The topological polar surface area (TPSA) is 43.8 Å². The van der Waals surface area contributed by atoms with Gasteiger partial charge in [0.15, 0.2) is 5.69 Å². The Hall–Kier alpha value is -0.750. The molecule has 1 aliphatic carbocycles.